The average Bonchev–Trinajstić information content (AvgIpc) is 2.72. The predicted octanol–water partition coefficient (Wildman–Crippen LogP) is 3.44. The van der Waals surface area contributed by atoms with E-state index in [9.17, 15) is 27.0 Å². The Bertz CT molecular complexity index is 1250. The Kier molecular flexibility index (Phi) is 6.03. The SMILES string of the molecule is COc1ccccc1S(=O)c1cc(C)n(-c2cccc(C(F)(F)F)c2)c(=O)c1C(N)=O. The third-order valence-corrected chi connectivity index (χ3v) is 5.96. The molecule has 0 fully saturated rings. The third-order valence-electron chi connectivity index (χ3n) is 4.50. The summed E-state index contributed by atoms with van der Waals surface area (Å²) in [4.78, 5) is 25.3. The number of hydrogen-bond donors (Lipinski definition) is 1. The summed E-state index contributed by atoms with van der Waals surface area (Å²) in [6, 6.07) is 11.7. The van der Waals surface area contributed by atoms with E-state index in [-0.39, 0.29) is 26.9 Å². The zero-order chi connectivity index (χ0) is 22.9. The number of pyridine rings is 1. The van der Waals surface area contributed by atoms with Crippen LogP contribution in [-0.4, -0.2) is 21.8 Å². The molecule has 2 N–H and O–H groups in total. The molecule has 2 aromatic carbocycles. The number of methoxy groups -OCH3 is 1. The molecule has 3 aromatic rings. The molecule has 0 aliphatic heterocycles. The second-order valence-electron chi connectivity index (χ2n) is 6.50. The first-order valence-electron chi connectivity index (χ1n) is 8.85. The normalized spacial score (nSPS) is 12.4. The molecule has 162 valence electrons. The van der Waals surface area contributed by atoms with E-state index in [0.717, 1.165) is 22.8 Å². The molecule has 0 aliphatic rings. The number of para-hydroxylation sites is 1. The van der Waals surface area contributed by atoms with Crippen molar-refractivity contribution in [1.29, 1.82) is 0 Å². The van der Waals surface area contributed by atoms with E-state index in [4.69, 9.17) is 10.5 Å². The molecular formula is C21H17F3N2O4S. The summed E-state index contributed by atoms with van der Waals surface area (Å²) in [5.74, 6) is -0.875. The van der Waals surface area contributed by atoms with Crippen LogP contribution in [0.15, 0.2) is 69.2 Å². The minimum atomic E-state index is -4.62. The zero-order valence-corrected chi connectivity index (χ0v) is 17.2. The van der Waals surface area contributed by atoms with Crippen LogP contribution in [0.1, 0.15) is 21.6 Å². The Hall–Kier alpha value is -3.40. The molecule has 0 bridgehead atoms. The Morgan fingerprint density at radius 1 is 1.06 bits per heavy atom. The van der Waals surface area contributed by atoms with E-state index in [1.165, 1.54) is 32.2 Å². The highest BCUT2D eigenvalue weighted by Crippen LogP contribution is 2.31. The van der Waals surface area contributed by atoms with Gasteiger partial charge in [-0.15, -0.1) is 0 Å². The third kappa shape index (κ3) is 4.24. The minimum absolute atomic E-state index is 0.102. The second kappa shape index (κ2) is 8.38. The topological polar surface area (TPSA) is 91.4 Å². The van der Waals surface area contributed by atoms with Gasteiger partial charge in [-0.05, 0) is 43.3 Å². The number of carbonyl (C=O) groups excluding carboxylic acids is 1. The molecule has 10 heteroatoms. The Labute approximate surface area is 177 Å². The van der Waals surface area contributed by atoms with Crippen LogP contribution in [0.3, 0.4) is 0 Å². The molecule has 3 rings (SSSR count). The monoisotopic (exact) mass is 450 g/mol. The highest BCUT2D eigenvalue weighted by molar-refractivity contribution is 7.85. The summed E-state index contributed by atoms with van der Waals surface area (Å²) < 4.78 is 58.7. The lowest BCUT2D eigenvalue weighted by Gasteiger charge is -2.16. The van der Waals surface area contributed by atoms with Gasteiger partial charge in [-0.3, -0.25) is 14.2 Å². The quantitative estimate of drug-likeness (QED) is 0.645. The zero-order valence-electron chi connectivity index (χ0n) is 16.4. The van der Waals surface area contributed by atoms with Crippen molar-refractivity contribution in [2.24, 2.45) is 5.73 Å². The molecule has 0 saturated heterocycles. The van der Waals surface area contributed by atoms with Gasteiger partial charge in [0, 0.05) is 11.4 Å². The molecule has 1 amide bonds. The fourth-order valence-electron chi connectivity index (χ4n) is 3.11. The number of alkyl halides is 3. The summed E-state index contributed by atoms with van der Waals surface area (Å²) in [5.41, 5.74) is 2.97. The molecular weight excluding hydrogens is 433 g/mol. The van der Waals surface area contributed by atoms with Crippen LogP contribution in [0.4, 0.5) is 13.2 Å². The maximum absolute atomic E-state index is 13.2. The number of primary amides is 1. The van der Waals surface area contributed by atoms with Crippen molar-refractivity contribution in [2.75, 3.05) is 7.11 Å². The maximum Gasteiger partial charge on any atom is 0.416 e. The lowest BCUT2D eigenvalue weighted by Crippen LogP contribution is -2.32. The Morgan fingerprint density at radius 3 is 2.35 bits per heavy atom. The maximum atomic E-state index is 13.2. The largest absolute Gasteiger partial charge is 0.495 e. The van der Waals surface area contributed by atoms with Crippen molar-refractivity contribution < 1.29 is 26.9 Å². The number of benzene rings is 2. The van der Waals surface area contributed by atoms with Crippen LogP contribution in [0, 0.1) is 6.92 Å². The lowest BCUT2D eigenvalue weighted by molar-refractivity contribution is -0.137. The number of nitrogens with two attached hydrogens (primary N) is 1. The first kappa shape index (κ1) is 22.3. The van der Waals surface area contributed by atoms with E-state index < -0.39 is 39.6 Å². The van der Waals surface area contributed by atoms with Crippen LogP contribution >= 0.6 is 0 Å². The van der Waals surface area contributed by atoms with Gasteiger partial charge in [-0.25, -0.2) is 4.21 Å². The van der Waals surface area contributed by atoms with Crippen LogP contribution in [-0.2, 0) is 17.0 Å². The molecule has 0 aliphatic carbocycles. The van der Waals surface area contributed by atoms with E-state index in [2.05, 4.69) is 0 Å². The van der Waals surface area contributed by atoms with Gasteiger partial charge in [0.05, 0.1) is 33.3 Å². The van der Waals surface area contributed by atoms with Gasteiger partial charge in [0.1, 0.15) is 11.3 Å². The molecule has 1 atom stereocenters. The van der Waals surface area contributed by atoms with Gasteiger partial charge in [0.25, 0.3) is 11.5 Å². The van der Waals surface area contributed by atoms with Gasteiger partial charge < -0.3 is 10.5 Å². The number of carbonyl (C=O) groups is 1. The standard InChI is InChI=1S/C21H17F3N2O4S/c1-12-10-17(31(29)16-9-4-3-8-15(16)30-2)18(19(25)27)20(28)26(12)14-7-5-6-13(11-14)21(22,23)24/h3-11H,1-2H3,(H2,25,27). The highest BCUT2D eigenvalue weighted by atomic mass is 32.2. The summed E-state index contributed by atoms with van der Waals surface area (Å²) in [7, 11) is -0.636. The number of nitrogens with zero attached hydrogens (tertiary/aromatic N) is 1. The van der Waals surface area contributed by atoms with Gasteiger partial charge in [-0.2, -0.15) is 13.2 Å². The molecule has 1 heterocycles. The van der Waals surface area contributed by atoms with Crippen molar-refractivity contribution in [2.45, 2.75) is 22.9 Å². The van der Waals surface area contributed by atoms with E-state index in [1.807, 2.05) is 0 Å². The molecule has 0 radical (unpaired) electrons. The second-order valence-corrected chi connectivity index (χ2v) is 7.91. The Balaban J connectivity index is 2.27. The van der Waals surface area contributed by atoms with Gasteiger partial charge >= 0.3 is 6.18 Å². The average molecular weight is 450 g/mol. The van der Waals surface area contributed by atoms with Gasteiger partial charge in [0.2, 0.25) is 0 Å². The smallest absolute Gasteiger partial charge is 0.416 e. The van der Waals surface area contributed by atoms with Crippen molar-refractivity contribution in [1.82, 2.24) is 4.57 Å². The van der Waals surface area contributed by atoms with Crippen LogP contribution in [0.2, 0.25) is 0 Å². The molecule has 1 aromatic heterocycles. The van der Waals surface area contributed by atoms with Crippen molar-refractivity contribution >= 4 is 16.7 Å². The summed E-state index contributed by atoms with van der Waals surface area (Å²) in [6.07, 6.45) is -4.62. The minimum Gasteiger partial charge on any atom is -0.495 e. The molecule has 0 saturated carbocycles. The molecule has 0 spiro atoms. The summed E-state index contributed by atoms with van der Waals surface area (Å²) in [5, 5.41) is 0. The van der Waals surface area contributed by atoms with Gasteiger partial charge in [0.15, 0.2) is 0 Å². The van der Waals surface area contributed by atoms with Crippen molar-refractivity contribution in [3.8, 4) is 11.4 Å². The number of ether oxygens (including phenoxy) is 1. The predicted molar refractivity (Wildman–Crippen MR) is 108 cm³/mol. The molecule has 1 unspecified atom stereocenters. The van der Waals surface area contributed by atoms with E-state index >= 15 is 0 Å². The van der Waals surface area contributed by atoms with Crippen molar-refractivity contribution in [3.05, 3.63) is 81.8 Å². The fraction of sp³-hybridized carbons (Fsp3) is 0.143. The number of aryl methyl sites for hydroxylation is 1. The van der Waals surface area contributed by atoms with E-state index in [1.54, 1.807) is 18.2 Å². The van der Waals surface area contributed by atoms with Crippen molar-refractivity contribution in [3.63, 3.8) is 0 Å². The van der Waals surface area contributed by atoms with Crippen LogP contribution in [0.5, 0.6) is 5.75 Å². The number of amides is 1. The highest BCUT2D eigenvalue weighted by Gasteiger charge is 2.31. The molecule has 31 heavy (non-hydrogen) atoms. The number of halogens is 3. The number of rotatable bonds is 5. The molecule has 6 nitrogen and oxygen atoms in total. The lowest BCUT2D eigenvalue weighted by atomic mass is 10.1. The number of hydrogen-bond acceptors (Lipinski definition) is 4. The summed E-state index contributed by atoms with van der Waals surface area (Å²) >= 11 is 0. The van der Waals surface area contributed by atoms with Gasteiger partial charge in [-0.1, -0.05) is 18.2 Å². The summed E-state index contributed by atoms with van der Waals surface area (Å²) in [6.45, 7) is 1.45. The Morgan fingerprint density at radius 2 is 1.74 bits per heavy atom. The fourth-order valence-corrected chi connectivity index (χ4v) is 4.53. The number of aromatic nitrogens is 1. The first-order chi connectivity index (χ1) is 14.6. The first-order valence-corrected chi connectivity index (χ1v) is 10.00. The van der Waals surface area contributed by atoms with Crippen LogP contribution < -0.4 is 16.0 Å². The van der Waals surface area contributed by atoms with Crippen LogP contribution in [0.25, 0.3) is 5.69 Å². The van der Waals surface area contributed by atoms with E-state index in [0.29, 0.717) is 0 Å².